The standard InChI is InChI=1S/C6H7ClN2O2/c1-9-5(2-3-8-9)4-11-6(7)10/h2-3H,4H2,1H3. The van der Waals surface area contributed by atoms with Crippen LogP contribution >= 0.6 is 11.6 Å². The van der Waals surface area contributed by atoms with Crippen LogP contribution in [0.25, 0.3) is 0 Å². The molecule has 60 valence electrons. The van der Waals surface area contributed by atoms with E-state index in [0.29, 0.717) is 0 Å². The molecule has 0 aliphatic rings. The predicted octanol–water partition coefficient (Wildman–Crippen LogP) is 1.30. The summed E-state index contributed by atoms with van der Waals surface area (Å²) in [6.45, 7) is 0.166. The van der Waals surface area contributed by atoms with Gasteiger partial charge in [0, 0.05) is 24.8 Å². The number of halogens is 1. The molecule has 0 aliphatic heterocycles. The lowest BCUT2D eigenvalue weighted by atomic mass is 10.5. The minimum atomic E-state index is -0.800. The smallest absolute Gasteiger partial charge is 0.404 e. The van der Waals surface area contributed by atoms with E-state index in [4.69, 9.17) is 11.6 Å². The maximum absolute atomic E-state index is 10.2. The van der Waals surface area contributed by atoms with E-state index in [1.807, 2.05) is 0 Å². The zero-order valence-electron chi connectivity index (χ0n) is 5.95. The van der Waals surface area contributed by atoms with Crippen LogP contribution in [0, 0.1) is 0 Å². The SMILES string of the molecule is Cn1nccc1COC(=O)Cl. The maximum atomic E-state index is 10.2. The maximum Gasteiger partial charge on any atom is 0.404 e. The number of hydrogen-bond donors (Lipinski definition) is 0. The second-order valence-electron chi connectivity index (χ2n) is 1.97. The van der Waals surface area contributed by atoms with Gasteiger partial charge in [0.2, 0.25) is 0 Å². The highest BCUT2D eigenvalue weighted by atomic mass is 35.5. The molecule has 1 heterocycles. The van der Waals surface area contributed by atoms with Gasteiger partial charge in [-0.25, -0.2) is 4.79 Å². The molecule has 1 rings (SSSR count). The van der Waals surface area contributed by atoms with Crippen LogP contribution < -0.4 is 0 Å². The Labute approximate surface area is 68.7 Å². The van der Waals surface area contributed by atoms with E-state index in [1.54, 1.807) is 24.0 Å². The van der Waals surface area contributed by atoms with Crippen molar-refractivity contribution in [3.05, 3.63) is 18.0 Å². The van der Waals surface area contributed by atoms with Crippen molar-refractivity contribution >= 4 is 17.0 Å². The van der Waals surface area contributed by atoms with Gasteiger partial charge in [-0.15, -0.1) is 0 Å². The van der Waals surface area contributed by atoms with Crippen molar-refractivity contribution < 1.29 is 9.53 Å². The van der Waals surface area contributed by atoms with E-state index in [1.165, 1.54) is 0 Å². The van der Waals surface area contributed by atoms with Gasteiger partial charge in [-0.3, -0.25) is 4.68 Å². The summed E-state index contributed by atoms with van der Waals surface area (Å²) in [5.74, 6) is 0. The first-order valence-corrected chi connectivity index (χ1v) is 3.37. The van der Waals surface area contributed by atoms with Crippen LogP contribution in [0.2, 0.25) is 0 Å². The fraction of sp³-hybridized carbons (Fsp3) is 0.333. The van der Waals surface area contributed by atoms with Crippen molar-refractivity contribution in [1.82, 2.24) is 9.78 Å². The molecular formula is C6H7ClN2O2. The summed E-state index contributed by atoms with van der Waals surface area (Å²) in [6.07, 6.45) is 1.62. The Morgan fingerprint density at radius 3 is 3.09 bits per heavy atom. The normalized spacial score (nSPS) is 9.64. The molecule has 0 fully saturated rings. The Balaban J connectivity index is 2.51. The largest absolute Gasteiger partial charge is 0.447 e. The highest BCUT2D eigenvalue weighted by Crippen LogP contribution is 2.00. The summed E-state index contributed by atoms with van der Waals surface area (Å²) in [6, 6.07) is 1.75. The Bertz CT molecular complexity index is 259. The average Bonchev–Trinajstić information content (AvgIpc) is 2.31. The minimum absolute atomic E-state index is 0.166. The lowest BCUT2D eigenvalue weighted by Crippen LogP contribution is -2.01. The van der Waals surface area contributed by atoms with Crippen LogP contribution in [0.5, 0.6) is 0 Å². The quantitative estimate of drug-likeness (QED) is 0.635. The van der Waals surface area contributed by atoms with Crippen LogP contribution in [0.15, 0.2) is 12.3 Å². The lowest BCUT2D eigenvalue weighted by molar-refractivity contribution is 0.164. The zero-order valence-corrected chi connectivity index (χ0v) is 6.71. The summed E-state index contributed by atoms with van der Waals surface area (Å²) in [5.41, 5.74) is 0.00481. The fourth-order valence-corrected chi connectivity index (χ4v) is 0.728. The number of nitrogens with zero attached hydrogens (tertiary/aromatic N) is 2. The number of hydrogen-bond acceptors (Lipinski definition) is 3. The van der Waals surface area contributed by atoms with Crippen molar-refractivity contribution in [2.45, 2.75) is 6.61 Å². The molecule has 1 aromatic heterocycles. The van der Waals surface area contributed by atoms with E-state index in [2.05, 4.69) is 9.84 Å². The van der Waals surface area contributed by atoms with Crippen molar-refractivity contribution in [2.24, 2.45) is 7.05 Å². The third-order valence-electron chi connectivity index (χ3n) is 1.26. The number of ether oxygens (including phenoxy) is 1. The predicted molar refractivity (Wildman–Crippen MR) is 39.2 cm³/mol. The Morgan fingerprint density at radius 1 is 1.91 bits per heavy atom. The number of rotatable bonds is 2. The second-order valence-corrected chi connectivity index (χ2v) is 2.28. The van der Waals surface area contributed by atoms with Gasteiger partial charge in [-0.05, 0) is 6.07 Å². The van der Waals surface area contributed by atoms with Crippen molar-refractivity contribution in [2.75, 3.05) is 0 Å². The topological polar surface area (TPSA) is 44.1 Å². The number of aryl methyl sites for hydroxylation is 1. The highest BCUT2D eigenvalue weighted by molar-refractivity contribution is 6.61. The zero-order chi connectivity index (χ0) is 8.27. The van der Waals surface area contributed by atoms with Crippen molar-refractivity contribution in [1.29, 1.82) is 0 Å². The molecule has 0 aliphatic carbocycles. The van der Waals surface area contributed by atoms with Gasteiger partial charge in [-0.1, -0.05) is 0 Å². The van der Waals surface area contributed by atoms with Crippen molar-refractivity contribution in [3.63, 3.8) is 0 Å². The molecule has 0 amide bonds. The first kappa shape index (κ1) is 8.07. The first-order chi connectivity index (χ1) is 5.20. The molecule has 0 saturated carbocycles. The van der Waals surface area contributed by atoms with E-state index < -0.39 is 5.43 Å². The number of aromatic nitrogens is 2. The van der Waals surface area contributed by atoms with Crippen LogP contribution in [-0.4, -0.2) is 15.2 Å². The van der Waals surface area contributed by atoms with Crippen LogP contribution in [0.3, 0.4) is 0 Å². The fourth-order valence-electron chi connectivity index (χ4n) is 0.674. The molecule has 0 N–H and O–H groups in total. The van der Waals surface area contributed by atoms with Crippen LogP contribution in [-0.2, 0) is 18.4 Å². The minimum Gasteiger partial charge on any atom is -0.447 e. The molecule has 0 spiro atoms. The summed E-state index contributed by atoms with van der Waals surface area (Å²) in [7, 11) is 1.76. The highest BCUT2D eigenvalue weighted by Gasteiger charge is 2.00. The average molecular weight is 175 g/mol. The molecule has 1 aromatic rings. The van der Waals surface area contributed by atoms with E-state index in [9.17, 15) is 4.79 Å². The van der Waals surface area contributed by atoms with Gasteiger partial charge in [0.1, 0.15) is 6.61 Å². The monoisotopic (exact) mass is 174 g/mol. The molecule has 5 heteroatoms. The summed E-state index contributed by atoms with van der Waals surface area (Å²) < 4.78 is 6.14. The molecule has 4 nitrogen and oxygen atoms in total. The summed E-state index contributed by atoms with van der Waals surface area (Å²) in [5, 5.41) is 3.88. The summed E-state index contributed by atoms with van der Waals surface area (Å²) in [4.78, 5) is 10.2. The molecule has 11 heavy (non-hydrogen) atoms. The Morgan fingerprint density at radius 2 is 2.64 bits per heavy atom. The molecule has 0 radical (unpaired) electrons. The molecule has 0 bridgehead atoms. The molecule has 0 aromatic carbocycles. The van der Waals surface area contributed by atoms with Gasteiger partial charge in [0.25, 0.3) is 0 Å². The van der Waals surface area contributed by atoms with Gasteiger partial charge >= 0.3 is 5.43 Å². The first-order valence-electron chi connectivity index (χ1n) is 2.99. The van der Waals surface area contributed by atoms with E-state index in [-0.39, 0.29) is 6.61 Å². The van der Waals surface area contributed by atoms with Crippen molar-refractivity contribution in [3.8, 4) is 0 Å². The second kappa shape index (κ2) is 3.39. The number of carbonyl (C=O) groups is 1. The van der Waals surface area contributed by atoms with Crippen LogP contribution in [0.1, 0.15) is 5.69 Å². The van der Waals surface area contributed by atoms with Gasteiger partial charge in [0.05, 0.1) is 5.69 Å². The Kier molecular flexibility index (Phi) is 2.48. The third kappa shape index (κ3) is 2.23. The van der Waals surface area contributed by atoms with Gasteiger partial charge < -0.3 is 4.74 Å². The summed E-state index contributed by atoms with van der Waals surface area (Å²) >= 11 is 4.96. The third-order valence-corrected chi connectivity index (χ3v) is 1.37. The van der Waals surface area contributed by atoms with Crippen LogP contribution in [0.4, 0.5) is 4.79 Å². The van der Waals surface area contributed by atoms with E-state index >= 15 is 0 Å². The molecular weight excluding hydrogens is 168 g/mol. The Hall–Kier alpha value is -1.03. The molecule has 0 unspecified atom stereocenters. The van der Waals surface area contributed by atoms with Gasteiger partial charge in [-0.2, -0.15) is 5.10 Å². The lowest BCUT2D eigenvalue weighted by Gasteiger charge is -1.99. The molecule has 0 saturated heterocycles. The van der Waals surface area contributed by atoms with Gasteiger partial charge in [0.15, 0.2) is 0 Å². The molecule has 0 atom stereocenters. The number of carbonyl (C=O) groups excluding carboxylic acids is 1. The van der Waals surface area contributed by atoms with E-state index in [0.717, 1.165) is 5.69 Å².